The van der Waals surface area contributed by atoms with E-state index in [9.17, 15) is 17.6 Å². The van der Waals surface area contributed by atoms with Crippen LogP contribution in [0.2, 0.25) is 0 Å². The Hall–Kier alpha value is -3.95. The fraction of sp³-hybridized carbons (Fsp3) is 0.136. The van der Waals surface area contributed by atoms with Crippen molar-refractivity contribution in [2.24, 2.45) is 0 Å². The smallest absolute Gasteiger partial charge is 0.370 e. The summed E-state index contributed by atoms with van der Waals surface area (Å²) in [6, 6.07) is 10.6. The van der Waals surface area contributed by atoms with Gasteiger partial charge in [0.1, 0.15) is 17.2 Å². The molecule has 10 heteroatoms. The number of halogens is 4. The summed E-state index contributed by atoms with van der Waals surface area (Å²) in [4.78, 5) is 11.1. The molecule has 0 atom stereocenters. The third-order valence-electron chi connectivity index (χ3n) is 5.15. The molecule has 0 aliphatic rings. The third kappa shape index (κ3) is 3.64. The molecule has 5 rings (SSSR count). The number of H-pyrrole nitrogens is 1. The number of para-hydroxylation sites is 1. The van der Waals surface area contributed by atoms with Crippen LogP contribution in [0.1, 0.15) is 11.1 Å². The number of rotatable bonds is 5. The van der Waals surface area contributed by atoms with Gasteiger partial charge in [0, 0.05) is 41.5 Å². The van der Waals surface area contributed by atoms with Crippen LogP contribution in [-0.2, 0) is 12.6 Å². The Balaban J connectivity index is 1.51. The fourth-order valence-corrected chi connectivity index (χ4v) is 3.65. The number of aromatic nitrogens is 5. The van der Waals surface area contributed by atoms with E-state index in [1.54, 1.807) is 0 Å². The molecule has 162 valence electrons. The summed E-state index contributed by atoms with van der Waals surface area (Å²) >= 11 is 0. The normalized spacial score (nSPS) is 12.0. The summed E-state index contributed by atoms with van der Waals surface area (Å²) in [7, 11) is 0. The molecule has 2 N–H and O–H groups in total. The summed E-state index contributed by atoms with van der Waals surface area (Å²) in [5, 5.41) is 8.11. The van der Waals surface area contributed by atoms with Crippen molar-refractivity contribution in [3.05, 3.63) is 78.1 Å². The highest BCUT2D eigenvalue weighted by Crippen LogP contribution is 2.34. The maximum atomic E-state index is 13.7. The van der Waals surface area contributed by atoms with Crippen molar-refractivity contribution < 1.29 is 17.6 Å². The molecule has 5 aromatic rings. The standard InChI is InChI=1S/C22H16F4N6/c23-15-7-14(9-27-11-15)19-8-20(32-21(31-19)17(12-30-32)22(24,25)26)28-6-5-13-10-29-18-4-2-1-3-16(13)18/h1-4,7-12,28-29H,5-6H2. The van der Waals surface area contributed by atoms with Gasteiger partial charge in [0.15, 0.2) is 5.65 Å². The number of hydrogen-bond donors (Lipinski definition) is 2. The molecule has 0 spiro atoms. The van der Waals surface area contributed by atoms with Crippen molar-refractivity contribution in [3.63, 3.8) is 0 Å². The highest BCUT2D eigenvalue weighted by molar-refractivity contribution is 5.83. The third-order valence-corrected chi connectivity index (χ3v) is 5.15. The molecule has 0 saturated carbocycles. The first kappa shape index (κ1) is 20.0. The van der Waals surface area contributed by atoms with Crippen molar-refractivity contribution in [2.75, 3.05) is 11.9 Å². The fourth-order valence-electron chi connectivity index (χ4n) is 3.65. The van der Waals surface area contributed by atoms with Crippen molar-refractivity contribution in [1.29, 1.82) is 0 Å². The van der Waals surface area contributed by atoms with E-state index in [4.69, 9.17) is 0 Å². The molecular formula is C22H16F4N6. The van der Waals surface area contributed by atoms with Crippen molar-refractivity contribution in [3.8, 4) is 11.3 Å². The number of nitrogens with zero attached hydrogens (tertiary/aromatic N) is 4. The first-order chi connectivity index (χ1) is 15.4. The van der Waals surface area contributed by atoms with Gasteiger partial charge in [-0.15, -0.1) is 0 Å². The van der Waals surface area contributed by atoms with Crippen molar-refractivity contribution in [1.82, 2.24) is 24.6 Å². The van der Waals surface area contributed by atoms with Crippen LogP contribution in [0.5, 0.6) is 0 Å². The Bertz CT molecular complexity index is 1420. The van der Waals surface area contributed by atoms with Crippen LogP contribution in [0.3, 0.4) is 0 Å². The number of aromatic amines is 1. The van der Waals surface area contributed by atoms with Gasteiger partial charge in [0.05, 0.1) is 18.1 Å². The lowest BCUT2D eigenvalue weighted by molar-refractivity contribution is -0.136. The van der Waals surface area contributed by atoms with E-state index >= 15 is 0 Å². The zero-order chi connectivity index (χ0) is 22.3. The molecule has 4 heterocycles. The zero-order valence-corrected chi connectivity index (χ0v) is 16.5. The number of alkyl halides is 3. The number of hydrogen-bond acceptors (Lipinski definition) is 4. The van der Waals surface area contributed by atoms with E-state index in [-0.39, 0.29) is 16.9 Å². The first-order valence-corrected chi connectivity index (χ1v) is 9.76. The summed E-state index contributed by atoms with van der Waals surface area (Å²) in [5.41, 5.74) is 1.17. The van der Waals surface area contributed by atoms with E-state index in [1.807, 2.05) is 30.5 Å². The van der Waals surface area contributed by atoms with Gasteiger partial charge >= 0.3 is 6.18 Å². The largest absolute Gasteiger partial charge is 0.421 e. The van der Waals surface area contributed by atoms with Crippen molar-refractivity contribution in [2.45, 2.75) is 12.6 Å². The number of fused-ring (bicyclic) bond motifs is 2. The highest BCUT2D eigenvalue weighted by Gasteiger charge is 2.35. The number of anilines is 1. The minimum absolute atomic E-state index is 0.157. The topological polar surface area (TPSA) is 70.9 Å². The summed E-state index contributed by atoms with van der Waals surface area (Å²) in [6.45, 7) is 0.434. The predicted octanol–water partition coefficient (Wildman–Crippen LogP) is 5.09. The lowest BCUT2D eigenvalue weighted by atomic mass is 10.1. The van der Waals surface area contributed by atoms with Gasteiger partial charge in [-0.05, 0) is 24.1 Å². The molecule has 0 saturated heterocycles. The molecule has 0 radical (unpaired) electrons. The Morgan fingerprint density at radius 1 is 1.06 bits per heavy atom. The van der Waals surface area contributed by atoms with Crippen LogP contribution >= 0.6 is 0 Å². The van der Waals surface area contributed by atoms with E-state index in [0.717, 1.165) is 33.4 Å². The number of nitrogens with one attached hydrogen (secondary N) is 2. The average Bonchev–Trinajstić information content (AvgIpc) is 3.38. The van der Waals surface area contributed by atoms with Gasteiger partial charge < -0.3 is 10.3 Å². The van der Waals surface area contributed by atoms with Gasteiger partial charge in [0.25, 0.3) is 0 Å². The maximum absolute atomic E-state index is 13.7. The molecule has 32 heavy (non-hydrogen) atoms. The molecule has 1 aromatic carbocycles. The lowest BCUT2D eigenvalue weighted by Gasteiger charge is -2.12. The molecule has 0 aliphatic heterocycles. The van der Waals surface area contributed by atoms with Gasteiger partial charge in [0.2, 0.25) is 0 Å². The van der Waals surface area contributed by atoms with Crippen LogP contribution in [0.25, 0.3) is 27.8 Å². The molecule has 0 amide bonds. The minimum Gasteiger partial charge on any atom is -0.370 e. The lowest BCUT2D eigenvalue weighted by Crippen LogP contribution is -2.11. The molecule has 4 aromatic heterocycles. The second-order valence-electron chi connectivity index (χ2n) is 7.25. The van der Waals surface area contributed by atoms with Gasteiger partial charge in [-0.25, -0.2) is 9.37 Å². The number of benzene rings is 1. The Labute approximate surface area is 178 Å². The Morgan fingerprint density at radius 3 is 2.72 bits per heavy atom. The van der Waals surface area contributed by atoms with Crippen LogP contribution in [0, 0.1) is 5.82 Å². The van der Waals surface area contributed by atoms with E-state index in [1.165, 1.54) is 18.3 Å². The number of pyridine rings is 1. The van der Waals surface area contributed by atoms with Crippen molar-refractivity contribution >= 4 is 22.4 Å². The molecule has 0 unspecified atom stereocenters. The predicted molar refractivity (Wildman–Crippen MR) is 112 cm³/mol. The minimum atomic E-state index is -4.63. The van der Waals surface area contributed by atoms with Crippen LogP contribution in [-0.4, -0.2) is 31.1 Å². The second-order valence-corrected chi connectivity index (χ2v) is 7.25. The highest BCUT2D eigenvalue weighted by atomic mass is 19.4. The Kier molecular flexibility index (Phi) is 4.76. The summed E-state index contributed by atoms with van der Waals surface area (Å²) in [5.74, 6) is -0.299. The SMILES string of the molecule is Fc1cncc(-c2cc(NCCc3c[nH]c4ccccc34)n3ncc(C(F)(F)F)c3n2)c1. The van der Waals surface area contributed by atoms with Gasteiger partial charge in [-0.3, -0.25) is 4.98 Å². The van der Waals surface area contributed by atoms with E-state index < -0.39 is 17.6 Å². The second kappa shape index (κ2) is 7.63. The van der Waals surface area contributed by atoms with Gasteiger partial charge in [-0.2, -0.15) is 22.8 Å². The maximum Gasteiger partial charge on any atom is 0.421 e. The zero-order valence-electron chi connectivity index (χ0n) is 16.5. The average molecular weight is 440 g/mol. The molecular weight excluding hydrogens is 424 g/mol. The van der Waals surface area contributed by atoms with Crippen LogP contribution < -0.4 is 5.32 Å². The molecule has 0 fully saturated rings. The summed E-state index contributed by atoms with van der Waals surface area (Å²) in [6.07, 6.45) is 1.01. The van der Waals surface area contributed by atoms with E-state index in [2.05, 4.69) is 25.4 Å². The van der Waals surface area contributed by atoms with Crippen LogP contribution in [0.15, 0.2) is 61.2 Å². The molecule has 0 bridgehead atoms. The monoisotopic (exact) mass is 440 g/mol. The Morgan fingerprint density at radius 2 is 1.91 bits per heavy atom. The molecule has 0 aliphatic carbocycles. The van der Waals surface area contributed by atoms with Crippen LogP contribution in [0.4, 0.5) is 23.4 Å². The quantitative estimate of drug-likeness (QED) is 0.374. The first-order valence-electron chi connectivity index (χ1n) is 9.76. The van der Waals surface area contributed by atoms with Gasteiger partial charge in [-0.1, -0.05) is 18.2 Å². The van der Waals surface area contributed by atoms with E-state index in [0.29, 0.717) is 18.8 Å². The summed E-state index contributed by atoms with van der Waals surface area (Å²) < 4.78 is 55.2. The molecule has 6 nitrogen and oxygen atoms in total.